The lowest BCUT2D eigenvalue weighted by Gasteiger charge is -2.15. The molecule has 0 saturated heterocycles. The number of aryl methyl sites for hydroxylation is 2. The maximum absolute atomic E-state index is 12.4. The first-order valence-electron chi connectivity index (χ1n) is 10.1. The SMILES string of the molecule is Cc1cccc(C)c1OCc1nnc(SCC(=O)Nc2nnc(C(C)C)s2)n1C(C)C. The van der Waals surface area contributed by atoms with E-state index < -0.39 is 0 Å². The Kier molecular flexibility index (Phi) is 7.66. The molecule has 0 spiro atoms. The summed E-state index contributed by atoms with van der Waals surface area (Å²) >= 11 is 2.74. The first-order chi connectivity index (χ1) is 14.8. The summed E-state index contributed by atoms with van der Waals surface area (Å²) in [5.74, 6) is 1.94. The highest BCUT2D eigenvalue weighted by Crippen LogP contribution is 2.26. The van der Waals surface area contributed by atoms with E-state index in [2.05, 4.69) is 39.6 Å². The Bertz CT molecular complexity index is 1020. The molecule has 0 unspecified atom stereocenters. The molecule has 3 rings (SSSR count). The number of thioether (sulfide) groups is 1. The molecule has 2 heterocycles. The summed E-state index contributed by atoms with van der Waals surface area (Å²) in [6.07, 6.45) is 0. The van der Waals surface area contributed by atoms with Crippen LogP contribution in [0.5, 0.6) is 5.75 Å². The third-order valence-corrected chi connectivity index (χ3v) is 6.60. The Morgan fingerprint density at radius 3 is 2.45 bits per heavy atom. The van der Waals surface area contributed by atoms with Gasteiger partial charge in [-0.25, -0.2) is 0 Å². The van der Waals surface area contributed by atoms with Crippen LogP contribution in [0, 0.1) is 13.8 Å². The number of para-hydroxylation sites is 1. The molecule has 0 radical (unpaired) electrons. The minimum atomic E-state index is -0.150. The first kappa shape index (κ1) is 23.2. The number of rotatable bonds is 9. The van der Waals surface area contributed by atoms with Gasteiger partial charge in [-0.1, -0.05) is 55.1 Å². The largest absolute Gasteiger partial charge is 0.485 e. The van der Waals surface area contributed by atoms with Gasteiger partial charge in [-0.2, -0.15) is 0 Å². The number of anilines is 1. The molecular formula is C21H28N6O2S2. The van der Waals surface area contributed by atoms with Crippen molar-refractivity contribution in [2.45, 2.75) is 65.3 Å². The van der Waals surface area contributed by atoms with Gasteiger partial charge >= 0.3 is 0 Å². The van der Waals surface area contributed by atoms with Crippen molar-refractivity contribution in [3.8, 4) is 5.75 Å². The molecule has 10 heteroatoms. The van der Waals surface area contributed by atoms with E-state index in [9.17, 15) is 4.79 Å². The lowest BCUT2D eigenvalue weighted by atomic mass is 10.1. The zero-order valence-electron chi connectivity index (χ0n) is 18.7. The minimum absolute atomic E-state index is 0.133. The molecule has 0 bridgehead atoms. The number of nitrogens with one attached hydrogen (secondary N) is 1. The Morgan fingerprint density at radius 2 is 1.84 bits per heavy atom. The van der Waals surface area contributed by atoms with Crippen LogP contribution in [0.4, 0.5) is 5.13 Å². The van der Waals surface area contributed by atoms with Crippen molar-refractivity contribution in [1.29, 1.82) is 0 Å². The molecule has 0 aliphatic carbocycles. The highest BCUT2D eigenvalue weighted by atomic mass is 32.2. The number of aromatic nitrogens is 5. The van der Waals surface area contributed by atoms with Crippen molar-refractivity contribution in [2.75, 3.05) is 11.1 Å². The quantitative estimate of drug-likeness (QED) is 0.460. The van der Waals surface area contributed by atoms with Crippen molar-refractivity contribution in [3.63, 3.8) is 0 Å². The summed E-state index contributed by atoms with van der Waals surface area (Å²) in [6.45, 7) is 12.6. The van der Waals surface area contributed by atoms with Crippen LogP contribution in [0.3, 0.4) is 0 Å². The molecule has 0 aliphatic rings. The molecule has 0 aliphatic heterocycles. The Balaban J connectivity index is 1.63. The summed E-state index contributed by atoms with van der Waals surface area (Å²) in [7, 11) is 0. The minimum Gasteiger partial charge on any atom is -0.485 e. The predicted molar refractivity (Wildman–Crippen MR) is 124 cm³/mol. The van der Waals surface area contributed by atoms with Crippen LogP contribution < -0.4 is 10.1 Å². The maximum Gasteiger partial charge on any atom is 0.236 e. The predicted octanol–water partition coefficient (Wildman–Crippen LogP) is 4.76. The van der Waals surface area contributed by atoms with Gasteiger partial charge in [0.25, 0.3) is 0 Å². The van der Waals surface area contributed by atoms with Crippen molar-refractivity contribution < 1.29 is 9.53 Å². The highest BCUT2D eigenvalue weighted by molar-refractivity contribution is 7.99. The summed E-state index contributed by atoms with van der Waals surface area (Å²) < 4.78 is 8.07. The van der Waals surface area contributed by atoms with Gasteiger partial charge in [0, 0.05) is 12.0 Å². The maximum atomic E-state index is 12.4. The number of amides is 1. The van der Waals surface area contributed by atoms with Gasteiger partial charge in [0.05, 0.1) is 5.75 Å². The van der Waals surface area contributed by atoms with E-state index in [1.165, 1.54) is 23.1 Å². The number of ether oxygens (including phenoxy) is 1. The van der Waals surface area contributed by atoms with E-state index in [4.69, 9.17) is 4.74 Å². The Hall–Kier alpha value is -2.46. The molecule has 0 fully saturated rings. The molecule has 8 nitrogen and oxygen atoms in total. The number of hydrogen-bond acceptors (Lipinski definition) is 8. The third kappa shape index (κ3) is 5.82. The fraction of sp³-hybridized carbons (Fsp3) is 0.476. The fourth-order valence-electron chi connectivity index (χ4n) is 2.99. The van der Waals surface area contributed by atoms with Crippen LogP contribution in [-0.2, 0) is 11.4 Å². The highest BCUT2D eigenvalue weighted by Gasteiger charge is 2.18. The van der Waals surface area contributed by atoms with Gasteiger partial charge in [-0.05, 0) is 38.8 Å². The summed E-state index contributed by atoms with van der Waals surface area (Å²) in [4.78, 5) is 12.4. The fourth-order valence-corrected chi connectivity index (χ4v) is 4.64. The van der Waals surface area contributed by atoms with Crippen molar-refractivity contribution in [3.05, 3.63) is 40.2 Å². The summed E-state index contributed by atoms with van der Waals surface area (Å²) in [5.41, 5.74) is 2.17. The number of carbonyl (C=O) groups excluding carboxylic acids is 1. The van der Waals surface area contributed by atoms with Gasteiger partial charge in [-0.15, -0.1) is 20.4 Å². The van der Waals surface area contributed by atoms with Crippen LogP contribution >= 0.6 is 23.1 Å². The van der Waals surface area contributed by atoms with Gasteiger partial charge < -0.3 is 9.30 Å². The second-order valence-electron chi connectivity index (χ2n) is 7.81. The van der Waals surface area contributed by atoms with Crippen molar-refractivity contribution in [2.24, 2.45) is 0 Å². The molecule has 3 aromatic rings. The topological polar surface area (TPSA) is 94.8 Å². The summed E-state index contributed by atoms with van der Waals surface area (Å²) in [6, 6.07) is 6.20. The molecule has 0 saturated carbocycles. The number of hydrogen-bond donors (Lipinski definition) is 1. The molecule has 31 heavy (non-hydrogen) atoms. The van der Waals surface area contributed by atoms with E-state index in [0.717, 1.165) is 27.7 Å². The van der Waals surface area contributed by atoms with Crippen LogP contribution in [0.2, 0.25) is 0 Å². The average molecular weight is 461 g/mol. The van der Waals surface area contributed by atoms with Crippen molar-refractivity contribution in [1.82, 2.24) is 25.0 Å². The molecule has 1 N–H and O–H groups in total. The average Bonchev–Trinajstić information content (AvgIpc) is 3.33. The van der Waals surface area contributed by atoms with E-state index in [1.807, 2.05) is 50.5 Å². The second kappa shape index (κ2) is 10.2. The lowest BCUT2D eigenvalue weighted by molar-refractivity contribution is -0.113. The zero-order chi connectivity index (χ0) is 22.5. The molecule has 1 aromatic carbocycles. The number of carbonyl (C=O) groups is 1. The third-order valence-electron chi connectivity index (χ3n) is 4.52. The van der Waals surface area contributed by atoms with Crippen LogP contribution in [0.25, 0.3) is 0 Å². The monoisotopic (exact) mass is 460 g/mol. The lowest BCUT2D eigenvalue weighted by Crippen LogP contribution is -2.15. The van der Waals surface area contributed by atoms with E-state index >= 15 is 0 Å². The van der Waals surface area contributed by atoms with Crippen LogP contribution in [0.1, 0.15) is 61.6 Å². The van der Waals surface area contributed by atoms with E-state index in [0.29, 0.717) is 16.9 Å². The Labute approximate surface area is 190 Å². The second-order valence-corrected chi connectivity index (χ2v) is 9.76. The van der Waals surface area contributed by atoms with Gasteiger partial charge in [0.1, 0.15) is 17.4 Å². The zero-order valence-corrected chi connectivity index (χ0v) is 20.3. The number of benzene rings is 1. The van der Waals surface area contributed by atoms with Gasteiger partial charge in [0.2, 0.25) is 11.0 Å². The van der Waals surface area contributed by atoms with E-state index in [-0.39, 0.29) is 23.6 Å². The standard InChI is InChI=1S/C21H28N6O2S2/c1-12(2)19-24-25-20(31-19)22-17(28)11-30-21-26-23-16(27(21)13(3)4)10-29-18-14(5)8-7-9-15(18)6/h7-9,12-13H,10-11H2,1-6H3,(H,22,25,28). The van der Waals surface area contributed by atoms with Gasteiger partial charge in [-0.3, -0.25) is 10.1 Å². The molecule has 1 amide bonds. The normalized spacial score (nSPS) is 11.4. The van der Waals surface area contributed by atoms with E-state index in [1.54, 1.807) is 0 Å². The van der Waals surface area contributed by atoms with Gasteiger partial charge in [0.15, 0.2) is 11.0 Å². The molecule has 2 aromatic heterocycles. The van der Waals surface area contributed by atoms with Crippen LogP contribution in [-0.4, -0.2) is 36.6 Å². The first-order valence-corrected chi connectivity index (χ1v) is 11.9. The smallest absolute Gasteiger partial charge is 0.236 e. The number of nitrogens with zero attached hydrogens (tertiary/aromatic N) is 5. The van der Waals surface area contributed by atoms with Crippen LogP contribution in [0.15, 0.2) is 23.4 Å². The molecule has 0 atom stereocenters. The van der Waals surface area contributed by atoms with Crippen molar-refractivity contribution >= 4 is 34.1 Å². The molecular weight excluding hydrogens is 432 g/mol. The summed E-state index contributed by atoms with van der Waals surface area (Å²) in [5, 5.41) is 21.6. The molecule has 166 valence electrons. The Morgan fingerprint density at radius 1 is 1.13 bits per heavy atom.